The van der Waals surface area contributed by atoms with Gasteiger partial charge in [0, 0.05) is 39.3 Å². The third kappa shape index (κ3) is 7.32. The average Bonchev–Trinajstić information content (AvgIpc) is 2.97. The summed E-state index contributed by atoms with van der Waals surface area (Å²) in [5.74, 6) is 1.40. The van der Waals surface area contributed by atoms with Crippen LogP contribution in [0.5, 0.6) is 17.2 Å². The van der Waals surface area contributed by atoms with Gasteiger partial charge in [-0.05, 0) is 66.1 Å². The van der Waals surface area contributed by atoms with Crippen LogP contribution >= 0.6 is 0 Å². The van der Waals surface area contributed by atoms with Crippen molar-refractivity contribution in [1.82, 2.24) is 5.32 Å². The normalized spacial score (nSPS) is 20.8. The smallest absolute Gasteiger partial charge is 0.416 e. The second-order valence-electron chi connectivity index (χ2n) is 10.3. The van der Waals surface area contributed by atoms with E-state index in [4.69, 9.17) is 18.9 Å². The van der Waals surface area contributed by atoms with Gasteiger partial charge >= 0.3 is 6.18 Å². The van der Waals surface area contributed by atoms with Gasteiger partial charge in [-0.3, -0.25) is 0 Å². The number of ether oxygens (including phenoxy) is 4. The molecule has 2 aliphatic heterocycles. The van der Waals surface area contributed by atoms with Crippen molar-refractivity contribution in [2.24, 2.45) is 0 Å². The zero-order chi connectivity index (χ0) is 28.8. The number of halogens is 3. The molecule has 0 amide bonds. The molecule has 2 aliphatic rings. The zero-order valence-corrected chi connectivity index (χ0v) is 22.9. The van der Waals surface area contributed by atoms with Crippen LogP contribution in [0.2, 0.25) is 0 Å². The van der Waals surface area contributed by atoms with E-state index in [0.29, 0.717) is 44.4 Å². The van der Waals surface area contributed by atoms with E-state index in [1.165, 1.54) is 12.1 Å². The SMILES string of the molecule is COCCCN1CCOc2ccc(COC3CNCC(O)C3c3ccc(Oc4ccc(C(F)(F)F)cc4)cc3)cc21. The number of anilines is 1. The molecule has 2 N–H and O–H groups in total. The lowest BCUT2D eigenvalue weighted by atomic mass is 9.85. The van der Waals surface area contributed by atoms with Crippen LogP contribution in [0, 0.1) is 0 Å². The summed E-state index contributed by atoms with van der Waals surface area (Å²) in [6.07, 6.45) is -4.39. The lowest BCUT2D eigenvalue weighted by Crippen LogP contribution is -2.49. The first-order chi connectivity index (χ1) is 19.8. The van der Waals surface area contributed by atoms with E-state index in [2.05, 4.69) is 16.3 Å². The molecular weight excluding hydrogens is 537 g/mol. The third-order valence-corrected chi connectivity index (χ3v) is 7.42. The number of nitrogens with zero attached hydrogens (tertiary/aromatic N) is 1. The molecule has 0 spiro atoms. The summed E-state index contributed by atoms with van der Waals surface area (Å²) in [7, 11) is 1.71. The first-order valence-corrected chi connectivity index (χ1v) is 13.8. The number of rotatable bonds is 10. The number of aliphatic hydroxyl groups excluding tert-OH is 1. The van der Waals surface area contributed by atoms with Crippen LogP contribution in [0.15, 0.2) is 66.7 Å². The summed E-state index contributed by atoms with van der Waals surface area (Å²) in [6, 6.07) is 17.9. The van der Waals surface area contributed by atoms with Gasteiger partial charge < -0.3 is 34.3 Å². The molecule has 3 atom stereocenters. The van der Waals surface area contributed by atoms with Crippen molar-refractivity contribution in [2.75, 3.05) is 51.4 Å². The molecule has 1 fully saturated rings. The summed E-state index contributed by atoms with van der Waals surface area (Å²) in [4.78, 5) is 2.31. The summed E-state index contributed by atoms with van der Waals surface area (Å²) in [6.45, 7) is 4.47. The van der Waals surface area contributed by atoms with Crippen molar-refractivity contribution in [3.05, 3.63) is 83.4 Å². The van der Waals surface area contributed by atoms with Crippen LogP contribution in [0.4, 0.5) is 18.9 Å². The summed E-state index contributed by atoms with van der Waals surface area (Å²) >= 11 is 0. The van der Waals surface area contributed by atoms with Gasteiger partial charge in [-0.2, -0.15) is 13.2 Å². The molecule has 2 heterocycles. The maximum absolute atomic E-state index is 12.8. The van der Waals surface area contributed by atoms with Crippen LogP contribution in [-0.4, -0.2) is 63.8 Å². The highest BCUT2D eigenvalue weighted by Crippen LogP contribution is 2.35. The van der Waals surface area contributed by atoms with Crippen molar-refractivity contribution in [3.63, 3.8) is 0 Å². The monoisotopic (exact) mass is 572 g/mol. The Labute approximate surface area is 237 Å². The molecule has 0 aliphatic carbocycles. The fourth-order valence-corrected chi connectivity index (χ4v) is 5.32. The number of alkyl halides is 3. The Balaban J connectivity index is 1.24. The van der Waals surface area contributed by atoms with Gasteiger partial charge in [-0.1, -0.05) is 18.2 Å². The molecule has 0 radical (unpaired) electrons. The molecule has 1 saturated heterocycles. The first kappa shape index (κ1) is 29.2. The van der Waals surface area contributed by atoms with Crippen LogP contribution in [-0.2, 0) is 22.3 Å². The minimum atomic E-state index is -4.40. The molecule has 5 rings (SSSR count). The quantitative estimate of drug-likeness (QED) is 0.317. The van der Waals surface area contributed by atoms with Crippen molar-refractivity contribution < 1.29 is 37.2 Å². The highest BCUT2D eigenvalue weighted by Gasteiger charge is 2.34. The molecule has 41 heavy (non-hydrogen) atoms. The van der Waals surface area contributed by atoms with E-state index in [9.17, 15) is 18.3 Å². The number of nitrogens with one attached hydrogen (secondary N) is 1. The van der Waals surface area contributed by atoms with E-state index in [-0.39, 0.29) is 12.0 Å². The van der Waals surface area contributed by atoms with Crippen molar-refractivity contribution in [1.29, 1.82) is 0 Å². The predicted octanol–water partition coefficient (Wildman–Crippen LogP) is 5.37. The first-order valence-electron chi connectivity index (χ1n) is 13.8. The molecule has 0 saturated carbocycles. The second kappa shape index (κ2) is 13.1. The standard InChI is InChI=1S/C31H35F3N2O5/c1-38-15-2-13-36-14-16-39-28-12-3-21(17-26(28)36)20-40-29-19-35-18-27(37)30(29)22-4-8-24(9-5-22)41-25-10-6-23(7-11-25)31(32,33)34/h3-12,17,27,29-30,35,37H,2,13-16,18-20H2,1H3. The highest BCUT2D eigenvalue weighted by atomic mass is 19.4. The van der Waals surface area contributed by atoms with E-state index in [1.54, 1.807) is 19.2 Å². The Kier molecular flexibility index (Phi) is 9.34. The minimum Gasteiger partial charge on any atom is -0.490 e. The Morgan fingerprint density at radius 1 is 1.00 bits per heavy atom. The van der Waals surface area contributed by atoms with Gasteiger partial charge in [0.2, 0.25) is 0 Å². The Morgan fingerprint density at radius 3 is 2.44 bits per heavy atom. The van der Waals surface area contributed by atoms with Crippen LogP contribution in [0.1, 0.15) is 29.0 Å². The number of hydrogen-bond acceptors (Lipinski definition) is 7. The molecule has 3 aromatic carbocycles. The number of fused-ring (bicyclic) bond motifs is 1. The Hall–Kier alpha value is -3.31. The fourth-order valence-electron chi connectivity index (χ4n) is 5.32. The summed E-state index contributed by atoms with van der Waals surface area (Å²) in [5.41, 5.74) is 2.24. The topological polar surface area (TPSA) is 72.4 Å². The molecule has 7 nitrogen and oxygen atoms in total. The molecule has 0 bridgehead atoms. The molecule has 220 valence electrons. The van der Waals surface area contributed by atoms with E-state index in [1.807, 2.05) is 24.3 Å². The van der Waals surface area contributed by atoms with Gasteiger partial charge in [-0.25, -0.2) is 0 Å². The lowest BCUT2D eigenvalue weighted by Gasteiger charge is -2.36. The highest BCUT2D eigenvalue weighted by molar-refractivity contribution is 5.61. The average molecular weight is 573 g/mol. The molecule has 3 unspecified atom stereocenters. The van der Waals surface area contributed by atoms with Crippen LogP contribution in [0.3, 0.4) is 0 Å². The van der Waals surface area contributed by atoms with Crippen molar-refractivity contribution in [3.8, 4) is 17.2 Å². The Bertz CT molecular complexity index is 1270. The number of hydrogen-bond donors (Lipinski definition) is 2. The van der Waals surface area contributed by atoms with Crippen LogP contribution in [0.25, 0.3) is 0 Å². The van der Waals surface area contributed by atoms with Gasteiger partial charge in [0.25, 0.3) is 0 Å². The minimum absolute atomic E-state index is 0.261. The van der Waals surface area contributed by atoms with E-state index < -0.39 is 17.8 Å². The van der Waals surface area contributed by atoms with Gasteiger partial charge in [0.05, 0.1) is 36.6 Å². The summed E-state index contributed by atoms with van der Waals surface area (Å²) in [5, 5.41) is 14.1. The van der Waals surface area contributed by atoms with Gasteiger partial charge in [0.1, 0.15) is 23.9 Å². The maximum Gasteiger partial charge on any atom is 0.416 e. The van der Waals surface area contributed by atoms with Gasteiger partial charge in [-0.15, -0.1) is 0 Å². The van der Waals surface area contributed by atoms with Gasteiger partial charge in [0.15, 0.2) is 0 Å². The maximum atomic E-state index is 12.8. The number of aliphatic hydroxyl groups is 1. The predicted molar refractivity (Wildman–Crippen MR) is 149 cm³/mol. The summed E-state index contributed by atoms with van der Waals surface area (Å²) < 4.78 is 61.7. The number of β-amino-alcohol motifs (C(OH)–C–C–N with tert-alkyl or cyclic N) is 1. The van der Waals surface area contributed by atoms with Crippen molar-refractivity contribution >= 4 is 5.69 Å². The number of benzene rings is 3. The number of piperidine rings is 1. The molecule has 10 heteroatoms. The largest absolute Gasteiger partial charge is 0.490 e. The molecular formula is C31H35F3N2O5. The van der Waals surface area contributed by atoms with E-state index in [0.717, 1.165) is 54.2 Å². The van der Waals surface area contributed by atoms with Crippen molar-refractivity contribution in [2.45, 2.75) is 37.3 Å². The Morgan fingerprint density at radius 2 is 1.73 bits per heavy atom. The third-order valence-electron chi connectivity index (χ3n) is 7.42. The lowest BCUT2D eigenvalue weighted by molar-refractivity contribution is -0.137. The van der Waals surface area contributed by atoms with E-state index >= 15 is 0 Å². The second-order valence-corrected chi connectivity index (χ2v) is 10.3. The number of methoxy groups -OCH3 is 1. The van der Waals surface area contributed by atoms with Crippen LogP contribution < -0.4 is 19.7 Å². The zero-order valence-electron chi connectivity index (χ0n) is 22.9. The molecule has 0 aromatic heterocycles. The fraction of sp³-hybridized carbons (Fsp3) is 0.419. The molecule has 3 aromatic rings.